The average Bonchev–Trinajstić information content (AvgIpc) is 3.56. The molecule has 1 N–H and O–H groups in total. The van der Waals surface area contributed by atoms with Crippen molar-refractivity contribution < 1.29 is 18.0 Å². The normalized spacial score (nSPS) is 11.5. The summed E-state index contributed by atoms with van der Waals surface area (Å²) in [7, 11) is 0. The number of amides is 1. The van der Waals surface area contributed by atoms with Gasteiger partial charge in [-0.05, 0) is 52.7 Å². The van der Waals surface area contributed by atoms with Crippen molar-refractivity contribution in [2.75, 3.05) is 5.32 Å². The Balaban J connectivity index is 1.41. The van der Waals surface area contributed by atoms with E-state index in [1.807, 2.05) is 18.2 Å². The molecule has 12 heteroatoms. The monoisotopic (exact) mass is 574 g/mol. The zero-order chi connectivity index (χ0) is 25.4. The number of aromatic nitrogens is 5. The summed E-state index contributed by atoms with van der Waals surface area (Å²) in [4.78, 5) is 17.4. The molecule has 0 radical (unpaired) electrons. The quantitative estimate of drug-likeness (QED) is 0.248. The summed E-state index contributed by atoms with van der Waals surface area (Å²) in [5.41, 5.74) is 1.38. The number of carbonyl (C=O) groups is 1. The molecular formula is C24H18BrClF2N6O2. The molecule has 8 nitrogen and oxygen atoms in total. The molecule has 0 aliphatic carbocycles. The molecular weight excluding hydrogens is 558 g/mol. The van der Waals surface area contributed by atoms with Crippen LogP contribution in [0.4, 0.5) is 14.6 Å². The molecule has 0 aliphatic rings. The number of fused-ring (bicyclic) bond motifs is 1. The number of furan rings is 1. The van der Waals surface area contributed by atoms with E-state index in [0.717, 1.165) is 5.56 Å². The second-order valence-electron chi connectivity index (χ2n) is 7.98. The highest BCUT2D eigenvalue weighted by Crippen LogP contribution is 2.33. The topological polar surface area (TPSA) is 90.8 Å². The Morgan fingerprint density at radius 2 is 2.03 bits per heavy atom. The molecule has 1 amide bonds. The fraction of sp³-hybridized carbons (Fsp3) is 0.167. The van der Waals surface area contributed by atoms with Gasteiger partial charge in [-0.2, -0.15) is 10.2 Å². The van der Waals surface area contributed by atoms with Crippen LogP contribution in [0, 0.1) is 6.92 Å². The summed E-state index contributed by atoms with van der Waals surface area (Å²) in [6.07, 6.45) is 0.396. The van der Waals surface area contributed by atoms with Crippen LogP contribution in [-0.4, -0.2) is 30.5 Å². The summed E-state index contributed by atoms with van der Waals surface area (Å²) in [6, 6.07) is 12.0. The van der Waals surface area contributed by atoms with Crippen LogP contribution < -0.4 is 5.32 Å². The van der Waals surface area contributed by atoms with Gasteiger partial charge in [0.1, 0.15) is 12.2 Å². The number of benzene rings is 1. The molecule has 0 spiro atoms. The van der Waals surface area contributed by atoms with Crippen LogP contribution in [0.2, 0.25) is 5.02 Å². The van der Waals surface area contributed by atoms with Gasteiger partial charge in [0.2, 0.25) is 5.91 Å². The van der Waals surface area contributed by atoms with Gasteiger partial charge in [-0.25, -0.2) is 18.4 Å². The predicted molar refractivity (Wildman–Crippen MR) is 134 cm³/mol. The lowest BCUT2D eigenvalue weighted by molar-refractivity contribution is -0.116. The molecule has 184 valence electrons. The maximum atomic E-state index is 13.9. The summed E-state index contributed by atoms with van der Waals surface area (Å²) in [6.45, 7) is 1.75. The smallest absolute Gasteiger partial charge is 0.264 e. The first-order valence-electron chi connectivity index (χ1n) is 10.8. The van der Waals surface area contributed by atoms with Crippen molar-refractivity contribution in [1.29, 1.82) is 0 Å². The van der Waals surface area contributed by atoms with Gasteiger partial charge >= 0.3 is 0 Å². The first-order valence-corrected chi connectivity index (χ1v) is 11.9. The lowest BCUT2D eigenvalue weighted by Crippen LogP contribution is -2.20. The number of alkyl halides is 2. The second kappa shape index (κ2) is 9.82. The number of nitrogens with zero attached hydrogens (tertiary/aromatic N) is 5. The van der Waals surface area contributed by atoms with Gasteiger partial charge in [-0.1, -0.05) is 29.8 Å². The summed E-state index contributed by atoms with van der Waals surface area (Å²) < 4.78 is 36.6. The molecule has 0 saturated carbocycles. The maximum absolute atomic E-state index is 13.9. The Hall–Kier alpha value is -3.57. The van der Waals surface area contributed by atoms with E-state index in [4.69, 9.17) is 16.0 Å². The van der Waals surface area contributed by atoms with Crippen LogP contribution in [0.3, 0.4) is 0 Å². The van der Waals surface area contributed by atoms with Gasteiger partial charge in [-0.15, -0.1) is 0 Å². The number of hydrogen-bond donors (Lipinski definition) is 1. The summed E-state index contributed by atoms with van der Waals surface area (Å²) in [5.74, 6) is 0.186. The fourth-order valence-corrected chi connectivity index (χ4v) is 4.50. The Bertz CT molecular complexity index is 1560. The highest BCUT2D eigenvalue weighted by molar-refractivity contribution is 9.10. The Morgan fingerprint density at radius 1 is 1.22 bits per heavy atom. The van der Waals surface area contributed by atoms with Crippen LogP contribution in [0.15, 0.2) is 63.8 Å². The molecule has 0 fully saturated rings. The van der Waals surface area contributed by atoms with E-state index in [1.165, 1.54) is 17.0 Å². The third kappa shape index (κ3) is 4.76. The number of hydrogen-bond acceptors (Lipinski definition) is 5. The number of aryl methyl sites for hydroxylation is 1. The molecule has 0 bridgehead atoms. The van der Waals surface area contributed by atoms with Gasteiger partial charge in [0.05, 0.1) is 28.4 Å². The number of halogens is 4. The van der Waals surface area contributed by atoms with Crippen LogP contribution in [0.25, 0.3) is 22.5 Å². The Morgan fingerprint density at radius 3 is 2.75 bits per heavy atom. The fourth-order valence-electron chi connectivity index (χ4n) is 3.89. The van der Waals surface area contributed by atoms with Gasteiger partial charge in [0.25, 0.3) is 6.43 Å². The maximum Gasteiger partial charge on any atom is 0.264 e. The lowest BCUT2D eigenvalue weighted by Gasteiger charge is -2.08. The zero-order valence-corrected chi connectivity index (χ0v) is 21.1. The molecule has 1 aromatic carbocycles. The molecule has 0 atom stereocenters. The van der Waals surface area contributed by atoms with Crippen molar-refractivity contribution >= 4 is 50.3 Å². The minimum atomic E-state index is -2.76. The highest BCUT2D eigenvalue weighted by atomic mass is 79.9. The van der Waals surface area contributed by atoms with Gasteiger partial charge in [-0.3, -0.25) is 9.48 Å². The molecule has 0 unspecified atom stereocenters. The number of nitrogens with one attached hydrogen (secondary N) is 1. The molecule has 4 heterocycles. The van der Waals surface area contributed by atoms with Crippen LogP contribution >= 0.6 is 27.5 Å². The molecule has 0 aliphatic heterocycles. The van der Waals surface area contributed by atoms with E-state index in [-0.39, 0.29) is 28.8 Å². The van der Waals surface area contributed by atoms with Crippen molar-refractivity contribution in [3.63, 3.8) is 0 Å². The third-order valence-electron chi connectivity index (χ3n) is 5.47. The molecule has 36 heavy (non-hydrogen) atoms. The van der Waals surface area contributed by atoms with Gasteiger partial charge < -0.3 is 9.73 Å². The van der Waals surface area contributed by atoms with E-state index in [1.54, 1.807) is 36.0 Å². The van der Waals surface area contributed by atoms with E-state index in [0.29, 0.717) is 33.3 Å². The molecule has 4 aromatic heterocycles. The number of rotatable bonds is 7. The second-order valence-corrected chi connectivity index (χ2v) is 9.24. The predicted octanol–water partition coefficient (Wildman–Crippen LogP) is 6.24. The largest absolute Gasteiger partial charge is 0.463 e. The van der Waals surface area contributed by atoms with Crippen LogP contribution in [-0.2, 0) is 17.9 Å². The Kier molecular flexibility index (Phi) is 6.59. The van der Waals surface area contributed by atoms with Crippen molar-refractivity contribution in [3.05, 3.63) is 81.2 Å². The standard InChI is InChI=1S/C24H18BrClF2N6O2/c1-13-21-15(22(27)28)9-18(19-7-4-8-36-19)29-24(21)34(31-13)12-20(35)30-23-16(25)11-33(32-23)10-14-5-2-3-6-17(14)26/h2-9,11,22H,10,12H2,1H3,(H,30,32,35). The van der Waals surface area contributed by atoms with Crippen LogP contribution in [0.5, 0.6) is 0 Å². The van der Waals surface area contributed by atoms with Crippen molar-refractivity contribution in [3.8, 4) is 11.5 Å². The number of anilines is 1. The van der Waals surface area contributed by atoms with Gasteiger partial charge in [0, 0.05) is 16.8 Å². The first kappa shape index (κ1) is 24.1. The minimum Gasteiger partial charge on any atom is -0.463 e. The number of pyridine rings is 1. The van der Waals surface area contributed by atoms with E-state index in [9.17, 15) is 13.6 Å². The SMILES string of the molecule is Cc1nn(CC(=O)Nc2nn(Cc3ccccc3Cl)cc2Br)c2nc(-c3ccco3)cc(C(F)F)c12. The van der Waals surface area contributed by atoms with E-state index < -0.39 is 12.3 Å². The van der Waals surface area contributed by atoms with Crippen molar-refractivity contribution in [2.45, 2.75) is 26.4 Å². The lowest BCUT2D eigenvalue weighted by atomic mass is 10.1. The Labute approximate surface area is 217 Å². The summed E-state index contributed by atoms with van der Waals surface area (Å²) >= 11 is 9.63. The van der Waals surface area contributed by atoms with Crippen LogP contribution in [0.1, 0.15) is 23.2 Å². The van der Waals surface area contributed by atoms with E-state index in [2.05, 4.69) is 36.4 Å². The van der Waals surface area contributed by atoms with E-state index >= 15 is 0 Å². The van der Waals surface area contributed by atoms with Crippen molar-refractivity contribution in [1.82, 2.24) is 24.5 Å². The zero-order valence-electron chi connectivity index (χ0n) is 18.8. The van der Waals surface area contributed by atoms with Gasteiger partial charge in [0.15, 0.2) is 17.2 Å². The van der Waals surface area contributed by atoms with Crippen molar-refractivity contribution in [2.24, 2.45) is 0 Å². The average molecular weight is 576 g/mol. The highest BCUT2D eigenvalue weighted by Gasteiger charge is 2.23. The summed E-state index contributed by atoms with van der Waals surface area (Å²) in [5, 5.41) is 12.3. The number of carbonyl (C=O) groups excluding carboxylic acids is 1. The first-order chi connectivity index (χ1) is 17.3. The molecule has 5 rings (SSSR count). The molecule has 5 aromatic rings. The molecule has 0 saturated heterocycles. The minimum absolute atomic E-state index is 0.162. The third-order valence-corrected chi connectivity index (χ3v) is 6.42.